The number of halogens is 1. The molecule has 0 bridgehead atoms. The molecule has 2 N–H and O–H groups in total. The first-order chi connectivity index (χ1) is 8.56. The molecule has 0 aliphatic heterocycles. The molecule has 1 aromatic rings. The van der Waals surface area contributed by atoms with Crippen LogP contribution in [0.4, 0.5) is 4.39 Å². The molecule has 18 heavy (non-hydrogen) atoms. The van der Waals surface area contributed by atoms with Crippen molar-refractivity contribution in [3.8, 4) is 5.75 Å². The summed E-state index contributed by atoms with van der Waals surface area (Å²) >= 11 is 0. The lowest BCUT2D eigenvalue weighted by molar-refractivity contribution is -0.118. The SMILES string of the molecule is COc1cccc(F)c1C(C)NCCNC(C)=O. The fourth-order valence-electron chi connectivity index (χ4n) is 1.74. The number of hydrogen-bond donors (Lipinski definition) is 2. The summed E-state index contributed by atoms with van der Waals surface area (Å²) in [6.07, 6.45) is 0. The summed E-state index contributed by atoms with van der Waals surface area (Å²) in [7, 11) is 1.52. The van der Waals surface area contributed by atoms with Crippen LogP contribution in [0.1, 0.15) is 25.5 Å². The van der Waals surface area contributed by atoms with Crippen LogP contribution in [-0.4, -0.2) is 26.1 Å². The molecule has 0 heterocycles. The summed E-state index contributed by atoms with van der Waals surface area (Å²) in [4.78, 5) is 10.7. The van der Waals surface area contributed by atoms with Crippen molar-refractivity contribution in [2.75, 3.05) is 20.2 Å². The number of benzene rings is 1. The molecule has 100 valence electrons. The molecule has 0 saturated heterocycles. The second-order valence-electron chi connectivity index (χ2n) is 4.01. The molecule has 1 unspecified atom stereocenters. The molecule has 5 heteroatoms. The van der Waals surface area contributed by atoms with Gasteiger partial charge in [0, 0.05) is 31.6 Å². The average molecular weight is 254 g/mol. The molecule has 0 aromatic heterocycles. The minimum absolute atomic E-state index is 0.0760. The zero-order chi connectivity index (χ0) is 13.5. The minimum atomic E-state index is -0.297. The number of carbonyl (C=O) groups excluding carboxylic acids is 1. The molecule has 0 aliphatic rings. The normalized spacial score (nSPS) is 12.0. The van der Waals surface area contributed by atoms with Gasteiger partial charge in [-0.2, -0.15) is 0 Å². The van der Waals surface area contributed by atoms with E-state index in [-0.39, 0.29) is 17.8 Å². The Hall–Kier alpha value is -1.62. The highest BCUT2D eigenvalue weighted by atomic mass is 19.1. The Morgan fingerprint density at radius 3 is 2.78 bits per heavy atom. The molecular weight excluding hydrogens is 235 g/mol. The molecule has 1 aromatic carbocycles. The van der Waals surface area contributed by atoms with Crippen LogP contribution in [0, 0.1) is 5.82 Å². The summed E-state index contributed by atoms with van der Waals surface area (Å²) < 4.78 is 18.9. The molecule has 1 rings (SSSR count). The van der Waals surface area contributed by atoms with E-state index in [0.29, 0.717) is 24.4 Å². The van der Waals surface area contributed by atoms with Crippen molar-refractivity contribution < 1.29 is 13.9 Å². The van der Waals surface area contributed by atoms with Gasteiger partial charge in [0.1, 0.15) is 11.6 Å². The number of ether oxygens (including phenoxy) is 1. The smallest absolute Gasteiger partial charge is 0.216 e. The molecule has 0 radical (unpaired) electrons. The topological polar surface area (TPSA) is 50.4 Å². The van der Waals surface area contributed by atoms with Crippen LogP contribution in [0.5, 0.6) is 5.75 Å². The van der Waals surface area contributed by atoms with Crippen LogP contribution < -0.4 is 15.4 Å². The number of methoxy groups -OCH3 is 1. The predicted molar refractivity (Wildman–Crippen MR) is 68.1 cm³/mol. The van der Waals surface area contributed by atoms with E-state index < -0.39 is 0 Å². The highest BCUT2D eigenvalue weighted by Gasteiger charge is 2.15. The van der Waals surface area contributed by atoms with Gasteiger partial charge in [-0.05, 0) is 19.1 Å². The van der Waals surface area contributed by atoms with Crippen molar-refractivity contribution in [1.82, 2.24) is 10.6 Å². The highest BCUT2D eigenvalue weighted by Crippen LogP contribution is 2.27. The predicted octanol–water partition coefficient (Wildman–Crippen LogP) is 1.62. The van der Waals surface area contributed by atoms with E-state index in [1.54, 1.807) is 12.1 Å². The van der Waals surface area contributed by atoms with Gasteiger partial charge in [-0.3, -0.25) is 4.79 Å². The average Bonchev–Trinajstić information content (AvgIpc) is 2.33. The standard InChI is InChI=1S/C13H19FN2O2/c1-9(15-7-8-16-10(2)17)13-11(14)5-4-6-12(13)18-3/h4-6,9,15H,7-8H2,1-3H3,(H,16,17). The second-order valence-corrected chi connectivity index (χ2v) is 4.01. The van der Waals surface area contributed by atoms with E-state index in [9.17, 15) is 9.18 Å². The van der Waals surface area contributed by atoms with Gasteiger partial charge in [0.25, 0.3) is 0 Å². The van der Waals surface area contributed by atoms with Crippen molar-refractivity contribution in [3.63, 3.8) is 0 Å². The lowest BCUT2D eigenvalue weighted by Gasteiger charge is -2.18. The third-order valence-corrected chi connectivity index (χ3v) is 2.62. The number of nitrogens with one attached hydrogen (secondary N) is 2. The molecule has 1 amide bonds. The molecule has 0 aliphatic carbocycles. The quantitative estimate of drug-likeness (QED) is 0.758. The largest absolute Gasteiger partial charge is 0.496 e. The highest BCUT2D eigenvalue weighted by molar-refractivity contribution is 5.72. The Bertz CT molecular complexity index is 410. The summed E-state index contributed by atoms with van der Waals surface area (Å²) in [5.41, 5.74) is 0.503. The van der Waals surface area contributed by atoms with Crippen LogP contribution in [0.2, 0.25) is 0 Å². The van der Waals surface area contributed by atoms with Gasteiger partial charge in [0.15, 0.2) is 0 Å². The summed E-state index contributed by atoms with van der Waals surface area (Å²) in [6.45, 7) is 4.40. The summed E-state index contributed by atoms with van der Waals surface area (Å²) in [5, 5.41) is 5.80. The van der Waals surface area contributed by atoms with Gasteiger partial charge in [-0.25, -0.2) is 4.39 Å². The third-order valence-electron chi connectivity index (χ3n) is 2.62. The van der Waals surface area contributed by atoms with Crippen LogP contribution in [-0.2, 0) is 4.79 Å². The molecule has 0 spiro atoms. The third kappa shape index (κ3) is 4.00. The Balaban J connectivity index is 2.60. The van der Waals surface area contributed by atoms with Crippen molar-refractivity contribution in [1.29, 1.82) is 0 Å². The first kappa shape index (κ1) is 14.4. The van der Waals surface area contributed by atoms with Crippen molar-refractivity contribution >= 4 is 5.91 Å². The Labute approximate surface area is 107 Å². The van der Waals surface area contributed by atoms with Gasteiger partial charge in [-0.15, -0.1) is 0 Å². The fraction of sp³-hybridized carbons (Fsp3) is 0.462. The molecular formula is C13H19FN2O2. The van der Waals surface area contributed by atoms with Crippen molar-refractivity contribution in [3.05, 3.63) is 29.6 Å². The second kappa shape index (κ2) is 6.96. The minimum Gasteiger partial charge on any atom is -0.496 e. The summed E-state index contributed by atoms with van der Waals surface area (Å²) in [5.74, 6) is 0.149. The molecule has 0 saturated carbocycles. The summed E-state index contributed by atoms with van der Waals surface area (Å²) in [6, 6.07) is 4.56. The monoisotopic (exact) mass is 254 g/mol. The van der Waals surface area contributed by atoms with Gasteiger partial charge < -0.3 is 15.4 Å². The number of hydrogen-bond acceptors (Lipinski definition) is 3. The molecule has 1 atom stereocenters. The zero-order valence-corrected chi connectivity index (χ0v) is 10.9. The van der Waals surface area contributed by atoms with E-state index in [0.717, 1.165) is 0 Å². The van der Waals surface area contributed by atoms with Gasteiger partial charge >= 0.3 is 0 Å². The van der Waals surface area contributed by atoms with E-state index in [2.05, 4.69) is 10.6 Å². The Kier molecular flexibility index (Phi) is 5.58. The maximum Gasteiger partial charge on any atom is 0.216 e. The van der Waals surface area contributed by atoms with E-state index in [1.807, 2.05) is 6.92 Å². The van der Waals surface area contributed by atoms with Crippen molar-refractivity contribution in [2.24, 2.45) is 0 Å². The van der Waals surface area contributed by atoms with E-state index in [1.165, 1.54) is 20.1 Å². The Morgan fingerprint density at radius 2 is 2.17 bits per heavy atom. The maximum atomic E-state index is 13.7. The van der Waals surface area contributed by atoms with Gasteiger partial charge in [0.2, 0.25) is 5.91 Å². The lowest BCUT2D eigenvalue weighted by atomic mass is 10.1. The van der Waals surface area contributed by atoms with Crippen LogP contribution >= 0.6 is 0 Å². The van der Waals surface area contributed by atoms with Gasteiger partial charge in [-0.1, -0.05) is 6.07 Å². The number of amides is 1. The Morgan fingerprint density at radius 1 is 1.44 bits per heavy atom. The maximum absolute atomic E-state index is 13.7. The van der Waals surface area contributed by atoms with Gasteiger partial charge in [0.05, 0.1) is 7.11 Å². The van der Waals surface area contributed by atoms with Crippen LogP contribution in [0.25, 0.3) is 0 Å². The van der Waals surface area contributed by atoms with Crippen LogP contribution in [0.3, 0.4) is 0 Å². The molecule has 4 nitrogen and oxygen atoms in total. The molecule has 0 fully saturated rings. The van der Waals surface area contributed by atoms with Crippen molar-refractivity contribution in [2.45, 2.75) is 19.9 Å². The lowest BCUT2D eigenvalue weighted by Crippen LogP contribution is -2.31. The fourth-order valence-corrected chi connectivity index (χ4v) is 1.74. The first-order valence-electron chi connectivity index (χ1n) is 5.86. The number of rotatable bonds is 6. The number of carbonyl (C=O) groups is 1. The van der Waals surface area contributed by atoms with E-state index >= 15 is 0 Å². The van der Waals surface area contributed by atoms with Crippen LogP contribution in [0.15, 0.2) is 18.2 Å². The zero-order valence-electron chi connectivity index (χ0n) is 10.9. The van der Waals surface area contributed by atoms with E-state index in [4.69, 9.17) is 4.74 Å². The first-order valence-corrected chi connectivity index (χ1v) is 5.86.